The molecule has 1 fully saturated rings. The summed E-state index contributed by atoms with van der Waals surface area (Å²) < 4.78 is 26.8. The molecule has 1 saturated heterocycles. The Balaban J connectivity index is 2.26. The van der Waals surface area contributed by atoms with E-state index in [0.29, 0.717) is 41.6 Å². The second-order valence-electron chi connectivity index (χ2n) is 5.92. The van der Waals surface area contributed by atoms with Gasteiger partial charge in [0.1, 0.15) is 17.9 Å². The number of amides is 1. The number of hydrogen-bond acceptors (Lipinski definition) is 2. The number of rotatable bonds is 5. The molecule has 3 rings (SSSR count). The summed E-state index contributed by atoms with van der Waals surface area (Å²) in [6, 6.07) is 11.7. The Bertz CT molecular complexity index is 820. The molecule has 0 spiro atoms. The fourth-order valence-electron chi connectivity index (χ4n) is 3.04. The molecule has 132 valence electrons. The summed E-state index contributed by atoms with van der Waals surface area (Å²) in [5.74, 6) is -0.804. The predicted molar refractivity (Wildman–Crippen MR) is 95.0 cm³/mol. The zero-order chi connectivity index (χ0) is 18.5. The Hall–Kier alpha value is -3.08. The van der Waals surface area contributed by atoms with Gasteiger partial charge in [-0.2, -0.15) is 0 Å². The third-order valence-corrected chi connectivity index (χ3v) is 4.22. The van der Waals surface area contributed by atoms with Gasteiger partial charge in [0.25, 0.3) is 0 Å². The first-order chi connectivity index (χ1) is 12.6. The standard InChI is InChI=1S/C21H17F2NO2/c22-17-9-5-15(6-10-17)21(16-7-11-18(23)12-8-16)19(3-2-14-25)24-13-1-4-20(24)26/h2-3,5-12,14H,1,4,13H2. The molecule has 1 amide bonds. The Labute approximate surface area is 150 Å². The molecule has 3 nitrogen and oxygen atoms in total. The lowest BCUT2D eigenvalue weighted by molar-refractivity contribution is -0.125. The number of benzene rings is 2. The van der Waals surface area contributed by atoms with Gasteiger partial charge in [-0.15, -0.1) is 0 Å². The lowest BCUT2D eigenvalue weighted by Crippen LogP contribution is -2.24. The lowest BCUT2D eigenvalue weighted by atomic mass is 9.95. The van der Waals surface area contributed by atoms with E-state index in [-0.39, 0.29) is 17.5 Å². The van der Waals surface area contributed by atoms with Crippen LogP contribution in [0.2, 0.25) is 0 Å². The number of aldehydes is 1. The Morgan fingerprint density at radius 3 is 1.88 bits per heavy atom. The zero-order valence-corrected chi connectivity index (χ0v) is 14.0. The number of allylic oxidation sites excluding steroid dienone is 2. The van der Waals surface area contributed by atoms with Gasteiger partial charge in [-0.1, -0.05) is 24.3 Å². The molecule has 1 aliphatic heterocycles. The van der Waals surface area contributed by atoms with Gasteiger partial charge in [-0.05, 0) is 54.0 Å². The first-order valence-corrected chi connectivity index (χ1v) is 8.28. The number of hydrogen-bond donors (Lipinski definition) is 0. The van der Waals surface area contributed by atoms with Crippen molar-refractivity contribution in [1.29, 1.82) is 0 Å². The maximum atomic E-state index is 13.4. The average molecular weight is 353 g/mol. The largest absolute Gasteiger partial charge is 0.312 e. The normalized spacial score (nSPS) is 14.1. The predicted octanol–water partition coefficient (Wildman–Crippen LogP) is 4.10. The minimum Gasteiger partial charge on any atom is -0.312 e. The van der Waals surface area contributed by atoms with E-state index in [1.165, 1.54) is 30.3 Å². The molecule has 5 heteroatoms. The van der Waals surface area contributed by atoms with E-state index in [4.69, 9.17) is 0 Å². The minimum absolute atomic E-state index is 0.0442. The van der Waals surface area contributed by atoms with Crippen molar-refractivity contribution in [3.05, 3.63) is 89.1 Å². The van der Waals surface area contributed by atoms with Crippen LogP contribution >= 0.6 is 0 Å². The van der Waals surface area contributed by atoms with Crippen LogP contribution in [0.5, 0.6) is 0 Å². The molecular weight excluding hydrogens is 336 g/mol. The van der Waals surface area contributed by atoms with Crippen LogP contribution in [0.1, 0.15) is 24.0 Å². The molecule has 0 atom stereocenters. The van der Waals surface area contributed by atoms with E-state index in [1.807, 2.05) is 0 Å². The second-order valence-corrected chi connectivity index (χ2v) is 5.92. The van der Waals surface area contributed by atoms with Crippen LogP contribution in [0.3, 0.4) is 0 Å². The first kappa shape index (κ1) is 17.7. The Morgan fingerprint density at radius 2 is 1.46 bits per heavy atom. The van der Waals surface area contributed by atoms with E-state index >= 15 is 0 Å². The van der Waals surface area contributed by atoms with Gasteiger partial charge < -0.3 is 4.90 Å². The van der Waals surface area contributed by atoms with Crippen LogP contribution in [0.4, 0.5) is 8.78 Å². The molecule has 0 bridgehead atoms. The van der Waals surface area contributed by atoms with Crippen LogP contribution in [0.25, 0.3) is 5.57 Å². The molecule has 2 aromatic rings. The maximum Gasteiger partial charge on any atom is 0.227 e. The van der Waals surface area contributed by atoms with E-state index in [1.54, 1.807) is 35.2 Å². The molecule has 1 heterocycles. The van der Waals surface area contributed by atoms with Crippen molar-refractivity contribution in [3.8, 4) is 0 Å². The van der Waals surface area contributed by atoms with Gasteiger partial charge in [0.05, 0.1) is 5.70 Å². The molecule has 26 heavy (non-hydrogen) atoms. The third kappa shape index (κ3) is 3.77. The Morgan fingerprint density at radius 1 is 0.923 bits per heavy atom. The second kappa shape index (κ2) is 7.87. The zero-order valence-electron chi connectivity index (χ0n) is 14.0. The molecule has 0 saturated carbocycles. The van der Waals surface area contributed by atoms with Crippen LogP contribution < -0.4 is 0 Å². The van der Waals surface area contributed by atoms with E-state index in [0.717, 1.165) is 6.42 Å². The Kier molecular flexibility index (Phi) is 5.37. The quantitative estimate of drug-likeness (QED) is 0.461. The third-order valence-electron chi connectivity index (χ3n) is 4.22. The fraction of sp³-hybridized carbons (Fsp3) is 0.143. The van der Waals surface area contributed by atoms with Crippen molar-refractivity contribution in [2.45, 2.75) is 12.8 Å². The maximum absolute atomic E-state index is 13.4. The van der Waals surface area contributed by atoms with Gasteiger partial charge in [-0.25, -0.2) is 8.78 Å². The van der Waals surface area contributed by atoms with Crippen LogP contribution in [-0.4, -0.2) is 23.6 Å². The number of carbonyl (C=O) groups is 2. The van der Waals surface area contributed by atoms with Crippen LogP contribution in [0.15, 0.2) is 66.4 Å². The van der Waals surface area contributed by atoms with Crippen molar-refractivity contribution in [2.24, 2.45) is 0 Å². The average Bonchev–Trinajstić information content (AvgIpc) is 3.07. The molecule has 0 aliphatic carbocycles. The smallest absolute Gasteiger partial charge is 0.227 e. The molecule has 0 radical (unpaired) electrons. The summed E-state index contributed by atoms with van der Waals surface area (Å²) in [6.07, 6.45) is 4.66. The summed E-state index contributed by atoms with van der Waals surface area (Å²) >= 11 is 0. The van der Waals surface area contributed by atoms with Gasteiger partial charge in [0, 0.05) is 18.5 Å². The van der Waals surface area contributed by atoms with Gasteiger partial charge >= 0.3 is 0 Å². The number of halogens is 2. The highest BCUT2D eigenvalue weighted by molar-refractivity contribution is 5.89. The highest BCUT2D eigenvalue weighted by Gasteiger charge is 2.25. The number of likely N-dealkylation sites (tertiary alicyclic amines) is 1. The monoisotopic (exact) mass is 353 g/mol. The van der Waals surface area contributed by atoms with Crippen LogP contribution in [-0.2, 0) is 9.59 Å². The molecular formula is C21H17F2NO2. The molecule has 0 unspecified atom stereocenters. The molecule has 2 aromatic carbocycles. The molecule has 1 aliphatic rings. The first-order valence-electron chi connectivity index (χ1n) is 8.28. The highest BCUT2D eigenvalue weighted by Crippen LogP contribution is 2.32. The molecule has 0 N–H and O–H groups in total. The van der Waals surface area contributed by atoms with E-state index in [2.05, 4.69) is 0 Å². The van der Waals surface area contributed by atoms with Crippen molar-refractivity contribution in [2.75, 3.05) is 6.54 Å². The van der Waals surface area contributed by atoms with Gasteiger partial charge in [0.15, 0.2) is 0 Å². The summed E-state index contributed by atoms with van der Waals surface area (Å²) in [7, 11) is 0. The van der Waals surface area contributed by atoms with Crippen molar-refractivity contribution in [1.82, 2.24) is 4.90 Å². The van der Waals surface area contributed by atoms with Gasteiger partial charge in [0.2, 0.25) is 5.91 Å². The van der Waals surface area contributed by atoms with Crippen LogP contribution in [0, 0.1) is 11.6 Å². The highest BCUT2D eigenvalue weighted by atomic mass is 19.1. The number of carbonyl (C=O) groups excluding carboxylic acids is 2. The summed E-state index contributed by atoms with van der Waals surface area (Å²) in [5, 5.41) is 0. The van der Waals surface area contributed by atoms with Crippen molar-refractivity contribution < 1.29 is 18.4 Å². The fourth-order valence-corrected chi connectivity index (χ4v) is 3.04. The van der Waals surface area contributed by atoms with Crippen molar-refractivity contribution >= 4 is 17.8 Å². The SMILES string of the molecule is O=CC=CC(=C(c1ccc(F)cc1)c1ccc(F)cc1)N1CCCC1=O. The summed E-state index contributed by atoms with van der Waals surface area (Å²) in [5.41, 5.74) is 2.52. The van der Waals surface area contributed by atoms with E-state index < -0.39 is 0 Å². The summed E-state index contributed by atoms with van der Waals surface area (Å²) in [6.45, 7) is 0.531. The minimum atomic E-state index is -0.380. The topological polar surface area (TPSA) is 37.4 Å². The summed E-state index contributed by atoms with van der Waals surface area (Å²) in [4.78, 5) is 24.8. The van der Waals surface area contributed by atoms with Crippen molar-refractivity contribution in [3.63, 3.8) is 0 Å². The van der Waals surface area contributed by atoms with E-state index in [9.17, 15) is 18.4 Å². The number of nitrogens with zero attached hydrogens (tertiary/aromatic N) is 1. The van der Waals surface area contributed by atoms with Gasteiger partial charge in [-0.3, -0.25) is 9.59 Å². The lowest BCUT2D eigenvalue weighted by Gasteiger charge is -2.22. The molecule has 0 aromatic heterocycles.